The van der Waals surface area contributed by atoms with Gasteiger partial charge >= 0.3 is 5.97 Å². The van der Waals surface area contributed by atoms with E-state index in [4.69, 9.17) is 0 Å². The van der Waals surface area contributed by atoms with Crippen molar-refractivity contribution >= 4 is 17.8 Å². The normalized spacial score (nSPS) is 31.6. The summed E-state index contributed by atoms with van der Waals surface area (Å²) in [6, 6.07) is 14.7. The smallest absolute Gasteiger partial charge is 0.319 e. The van der Waals surface area contributed by atoms with E-state index >= 15 is 0 Å². The van der Waals surface area contributed by atoms with Crippen molar-refractivity contribution in [2.75, 3.05) is 7.05 Å². The topological polar surface area (TPSA) is 74.7 Å². The van der Waals surface area contributed by atoms with Crippen molar-refractivity contribution in [2.45, 2.75) is 11.3 Å². The van der Waals surface area contributed by atoms with Crippen molar-refractivity contribution in [2.24, 2.45) is 11.8 Å². The number of aliphatic carboxylic acids is 1. The van der Waals surface area contributed by atoms with Gasteiger partial charge in [-0.3, -0.25) is 19.3 Å². The fraction of sp³-hybridized carbons (Fsp3) is 0.250. The number of benzene rings is 2. The molecule has 2 bridgehead atoms. The Labute approximate surface area is 143 Å². The van der Waals surface area contributed by atoms with Gasteiger partial charge in [-0.1, -0.05) is 48.5 Å². The monoisotopic (exact) mass is 333 g/mol. The summed E-state index contributed by atoms with van der Waals surface area (Å²) < 4.78 is 0. The lowest BCUT2D eigenvalue weighted by molar-refractivity contribution is -0.150. The van der Waals surface area contributed by atoms with E-state index in [1.54, 1.807) is 24.3 Å². The van der Waals surface area contributed by atoms with Gasteiger partial charge in [-0.05, 0) is 22.3 Å². The van der Waals surface area contributed by atoms with E-state index in [2.05, 4.69) is 0 Å². The number of rotatable bonds is 1. The number of nitrogens with zero attached hydrogens (tertiary/aromatic N) is 1. The number of carbonyl (C=O) groups is 3. The molecule has 1 N–H and O–H groups in total. The van der Waals surface area contributed by atoms with Crippen molar-refractivity contribution in [1.82, 2.24) is 4.90 Å². The fourth-order valence-corrected chi connectivity index (χ4v) is 5.28. The predicted molar refractivity (Wildman–Crippen MR) is 87.9 cm³/mol. The van der Waals surface area contributed by atoms with Crippen LogP contribution in [0.15, 0.2) is 48.5 Å². The third kappa shape index (κ3) is 1.36. The van der Waals surface area contributed by atoms with Crippen molar-refractivity contribution in [3.63, 3.8) is 0 Å². The molecule has 1 saturated heterocycles. The molecule has 124 valence electrons. The molecule has 2 aromatic rings. The van der Waals surface area contributed by atoms with E-state index in [1.807, 2.05) is 24.3 Å². The number of carboxylic acid groups (broad SMARTS) is 1. The molecule has 0 unspecified atom stereocenters. The maximum Gasteiger partial charge on any atom is 0.319 e. The van der Waals surface area contributed by atoms with Gasteiger partial charge in [0.05, 0.1) is 11.8 Å². The molecule has 2 aromatic carbocycles. The summed E-state index contributed by atoms with van der Waals surface area (Å²) in [5.41, 5.74) is 1.47. The molecule has 6 rings (SSSR count). The SMILES string of the molecule is CN1C(=O)[C@@H]2C3c4ccccc4C(C(=O)O)(c4ccccc43)[C@@H]2C1=O. The van der Waals surface area contributed by atoms with Crippen LogP contribution in [0.5, 0.6) is 0 Å². The molecule has 0 saturated carbocycles. The Morgan fingerprint density at radius 3 is 2.00 bits per heavy atom. The van der Waals surface area contributed by atoms with Crippen molar-refractivity contribution in [3.8, 4) is 0 Å². The Bertz CT molecular complexity index is 932. The number of imide groups is 1. The number of hydrogen-bond donors (Lipinski definition) is 1. The molecular formula is C20H15NO4. The predicted octanol–water partition coefficient (Wildman–Crippen LogP) is 1.75. The molecule has 5 heteroatoms. The fourth-order valence-electron chi connectivity index (χ4n) is 5.28. The second kappa shape index (κ2) is 4.36. The van der Waals surface area contributed by atoms with E-state index in [-0.39, 0.29) is 11.8 Å². The van der Waals surface area contributed by atoms with Crippen LogP contribution in [0, 0.1) is 11.8 Å². The van der Waals surface area contributed by atoms with Crippen LogP contribution in [0.2, 0.25) is 0 Å². The van der Waals surface area contributed by atoms with Gasteiger partial charge in [0.25, 0.3) is 0 Å². The molecule has 0 aromatic heterocycles. The van der Waals surface area contributed by atoms with Crippen LogP contribution < -0.4 is 0 Å². The molecule has 3 aliphatic carbocycles. The van der Waals surface area contributed by atoms with E-state index in [0.29, 0.717) is 11.1 Å². The highest BCUT2D eigenvalue weighted by Gasteiger charge is 2.70. The van der Waals surface area contributed by atoms with Gasteiger partial charge in [-0.15, -0.1) is 0 Å². The van der Waals surface area contributed by atoms with Crippen LogP contribution in [0.25, 0.3) is 0 Å². The largest absolute Gasteiger partial charge is 0.480 e. The zero-order valence-electron chi connectivity index (χ0n) is 13.5. The number of hydrogen-bond acceptors (Lipinski definition) is 3. The summed E-state index contributed by atoms with van der Waals surface area (Å²) in [4.78, 5) is 39.5. The Morgan fingerprint density at radius 2 is 1.48 bits per heavy atom. The molecule has 4 aliphatic rings. The molecule has 0 radical (unpaired) electrons. The van der Waals surface area contributed by atoms with Crippen molar-refractivity contribution < 1.29 is 19.5 Å². The second-order valence-corrected chi connectivity index (χ2v) is 7.00. The van der Waals surface area contributed by atoms with Gasteiger partial charge in [0.2, 0.25) is 11.8 Å². The Balaban J connectivity index is 1.98. The third-order valence-corrected chi connectivity index (χ3v) is 6.18. The van der Waals surface area contributed by atoms with Crippen molar-refractivity contribution in [1.29, 1.82) is 0 Å². The number of carbonyl (C=O) groups excluding carboxylic acids is 2. The lowest BCUT2D eigenvalue weighted by Gasteiger charge is -2.51. The highest BCUT2D eigenvalue weighted by Crippen LogP contribution is 2.63. The van der Waals surface area contributed by atoms with E-state index in [1.165, 1.54) is 7.05 Å². The maximum atomic E-state index is 12.9. The quantitative estimate of drug-likeness (QED) is 0.807. The molecule has 1 fully saturated rings. The Morgan fingerprint density at radius 1 is 0.960 bits per heavy atom. The first-order valence-electron chi connectivity index (χ1n) is 8.25. The average Bonchev–Trinajstić information content (AvgIpc) is 2.86. The standard InChI is InChI=1S/C20H15NO4/c1-21-17(22)15-14-10-6-2-4-8-12(10)20(19(24)25,16(15)18(21)23)13-9-5-3-7-11(13)14/h2-9,14-16H,1H3,(H,24,25)/t14?,15-,16+,20?/m1/s1. The molecular weight excluding hydrogens is 318 g/mol. The Hall–Kier alpha value is -2.95. The summed E-state index contributed by atoms with van der Waals surface area (Å²) in [6.45, 7) is 0. The van der Waals surface area contributed by atoms with Gasteiger partial charge in [-0.2, -0.15) is 0 Å². The molecule has 0 spiro atoms. The van der Waals surface area contributed by atoms with E-state index in [0.717, 1.165) is 16.0 Å². The summed E-state index contributed by atoms with van der Waals surface area (Å²) >= 11 is 0. The highest BCUT2D eigenvalue weighted by molar-refractivity contribution is 6.11. The highest BCUT2D eigenvalue weighted by atomic mass is 16.4. The number of amides is 2. The number of carboxylic acids is 1. The third-order valence-electron chi connectivity index (χ3n) is 6.18. The zero-order chi connectivity index (χ0) is 17.5. The first kappa shape index (κ1) is 14.4. The summed E-state index contributed by atoms with van der Waals surface area (Å²) in [6.07, 6.45) is 0. The average molecular weight is 333 g/mol. The zero-order valence-corrected chi connectivity index (χ0v) is 13.5. The van der Waals surface area contributed by atoms with E-state index < -0.39 is 29.1 Å². The lowest BCUT2D eigenvalue weighted by Crippen LogP contribution is -2.57. The molecule has 2 atom stereocenters. The van der Waals surface area contributed by atoms with Crippen molar-refractivity contribution in [3.05, 3.63) is 70.8 Å². The maximum absolute atomic E-state index is 12.9. The van der Waals surface area contributed by atoms with Gasteiger partial charge in [0.1, 0.15) is 5.41 Å². The summed E-state index contributed by atoms with van der Waals surface area (Å²) in [5, 5.41) is 10.4. The Kier molecular flexibility index (Phi) is 2.51. The molecule has 1 heterocycles. The number of likely N-dealkylation sites (tertiary alicyclic amines) is 1. The molecule has 1 aliphatic heterocycles. The van der Waals surface area contributed by atoms with Crippen LogP contribution in [0.1, 0.15) is 28.2 Å². The molecule has 5 nitrogen and oxygen atoms in total. The van der Waals surface area contributed by atoms with Crippen LogP contribution in [-0.2, 0) is 19.8 Å². The lowest BCUT2D eigenvalue weighted by atomic mass is 9.47. The van der Waals surface area contributed by atoms with Gasteiger partial charge in [0.15, 0.2) is 0 Å². The van der Waals surface area contributed by atoms with Crippen LogP contribution >= 0.6 is 0 Å². The first-order valence-corrected chi connectivity index (χ1v) is 8.25. The summed E-state index contributed by atoms with van der Waals surface area (Å²) in [7, 11) is 1.45. The van der Waals surface area contributed by atoms with Crippen LogP contribution in [-0.4, -0.2) is 34.8 Å². The second-order valence-electron chi connectivity index (χ2n) is 7.00. The van der Waals surface area contributed by atoms with Crippen LogP contribution in [0.4, 0.5) is 0 Å². The van der Waals surface area contributed by atoms with Crippen LogP contribution in [0.3, 0.4) is 0 Å². The minimum atomic E-state index is -1.51. The molecule has 25 heavy (non-hydrogen) atoms. The minimum Gasteiger partial charge on any atom is -0.480 e. The minimum absolute atomic E-state index is 0.278. The van der Waals surface area contributed by atoms with Gasteiger partial charge in [-0.25, -0.2) is 0 Å². The van der Waals surface area contributed by atoms with Gasteiger partial charge in [0, 0.05) is 13.0 Å². The van der Waals surface area contributed by atoms with Gasteiger partial charge < -0.3 is 5.11 Å². The van der Waals surface area contributed by atoms with E-state index in [9.17, 15) is 19.5 Å². The molecule has 2 amide bonds. The summed E-state index contributed by atoms with van der Waals surface area (Å²) in [5.74, 6) is -3.58. The first-order chi connectivity index (χ1) is 12.0.